The van der Waals surface area contributed by atoms with Gasteiger partial charge in [-0.25, -0.2) is 0 Å². The highest BCUT2D eigenvalue weighted by Gasteiger charge is 2.38. The summed E-state index contributed by atoms with van der Waals surface area (Å²) in [6, 6.07) is 8.68. The van der Waals surface area contributed by atoms with E-state index in [1.54, 1.807) is 29.3 Å². The average Bonchev–Trinajstić information content (AvgIpc) is 3.07. The number of rotatable bonds is 3. The Balaban J connectivity index is 1.72. The molecule has 1 aliphatic heterocycles. The first-order valence-corrected chi connectivity index (χ1v) is 9.18. The summed E-state index contributed by atoms with van der Waals surface area (Å²) in [5.74, 6) is -0.199. The van der Waals surface area contributed by atoms with Crippen LogP contribution in [0.5, 0.6) is 0 Å². The van der Waals surface area contributed by atoms with Crippen molar-refractivity contribution in [3.05, 3.63) is 70.8 Å². The number of aryl methyl sites for hydroxylation is 2. The Morgan fingerprint density at radius 2 is 1.86 bits per heavy atom. The molecular formula is C21H19F3N4O. The molecule has 0 atom stereocenters. The second kappa shape index (κ2) is 7.02. The summed E-state index contributed by atoms with van der Waals surface area (Å²) in [5, 5.41) is 3.59. The van der Waals surface area contributed by atoms with Crippen LogP contribution in [0.2, 0.25) is 0 Å². The molecule has 0 unspecified atom stereocenters. The van der Waals surface area contributed by atoms with Crippen molar-refractivity contribution in [3.8, 4) is 11.1 Å². The Kier molecular flexibility index (Phi) is 4.64. The van der Waals surface area contributed by atoms with E-state index in [0.717, 1.165) is 15.9 Å². The standard InChI is InChI=1S/C21H19F3N4O/c1-13-5-4-9-25-18(13)12-28-10-8-15-14(6-3-7-16(15)20(28)29)17-11-27(2)26-19(17)21(22,23)24/h3-7,9,11H,8,10,12H2,1-2H3. The molecule has 0 bridgehead atoms. The van der Waals surface area contributed by atoms with Crippen LogP contribution in [0.15, 0.2) is 42.7 Å². The fourth-order valence-corrected chi connectivity index (χ4v) is 3.74. The van der Waals surface area contributed by atoms with Crippen molar-refractivity contribution in [2.75, 3.05) is 6.54 Å². The molecule has 150 valence electrons. The zero-order valence-corrected chi connectivity index (χ0v) is 16.0. The van der Waals surface area contributed by atoms with E-state index in [2.05, 4.69) is 10.1 Å². The van der Waals surface area contributed by atoms with Crippen molar-refractivity contribution in [2.24, 2.45) is 7.05 Å². The lowest BCUT2D eigenvalue weighted by Crippen LogP contribution is -2.37. The van der Waals surface area contributed by atoms with Gasteiger partial charge in [0, 0.05) is 37.1 Å². The molecule has 1 aliphatic rings. The van der Waals surface area contributed by atoms with Gasteiger partial charge in [-0.15, -0.1) is 0 Å². The van der Waals surface area contributed by atoms with Crippen LogP contribution in [0.1, 0.15) is 32.9 Å². The Bertz CT molecular complexity index is 1090. The number of nitrogens with zero attached hydrogens (tertiary/aromatic N) is 4. The number of benzene rings is 1. The molecule has 5 nitrogen and oxygen atoms in total. The number of halogens is 3. The van der Waals surface area contributed by atoms with E-state index in [9.17, 15) is 18.0 Å². The third-order valence-corrected chi connectivity index (χ3v) is 5.17. The molecule has 4 rings (SSSR count). The Hall–Kier alpha value is -3.16. The molecule has 3 aromatic rings. The molecule has 0 saturated heterocycles. The fourth-order valence-electron chi connectivity index (χ4n) is 3.74. The quantitative estimate of drug-likeness (QED) is 0.668. The number of pyridine rings is 1. The van der Waals surface area contributed by atoms with Gasteiger partial charge in [-0.1, -0.05) is 18.2 Å². The number of carbonyl (C=O) groups is 1. The van der Waals surface area contributed by atoms with Gasteiger partial charge in [0.1, 0.15) is 0 Å². The van der Waals surface area contributed by atoms with E-state index in [1.807, 2.05) is 19.1 Å². The van der Waals surface area contributed by atoms with Crippen LogP contribution < -0.4 is 0 Å². The minimum Gasteiger partial charge on any atom is -0.332 e. The molecule has 1 aromatic carbocycles. The van der Waals surface area contributed by atoms with Crippen LogP contribution in [-0.4, -0.2) is 32.1 Å². The molecule has 3 heterocycles. The topological polar surface area (TPSA) is 51.0 Å². The van der Waals surface area contributed by atoms with Crippen molar-refractivity contribution in [2.45, 2.75) is 26.1 Å². The van der Waals surface area contributed by atoms with E-state index in [0.29, 0.717) is 36.2 Å². The van der Waals surface area contributed by atoms with E-state index in [4.69, 9.17) is 0 Å². The highest BCUT2D eigenvalue weighted by Crippen LogP contribution is 2.39. The maximum Gasteiger partial charge on any atom is 0.435 e. The van der Waals surface area contributed by atoms with Crippen LogP contribution in [-0.2, 0) is 26.2 Å². The number of alkyl halides is 3. The summed E-state index contributed by atoms with van der Waals surface area (Å²) < 4.78 is 41.5. The first-order valence-electron chi connectivity index (χ1n) is 9.18. The SMILES string of the molecule is Cc1cccnc1CN1CCc2c(cccc2-c2cn(C)nc2C(F)(F)F)C1=O. The summed E-state index contributed by atoms with van der Waals surface area (Å²) in [7, 11) is 1.45. The van der Waals surface area contributed by atoms with Gasteiger partial charge < -0.3 is 4.90 Å². The van der Waals surface area contributed by atoms with Crippen LogP contribution >= 0.6 is 0 Å². The second-order valence-corrected chi connectivity index (χ2v) is 7.14. The van der Waals surface area contributed by atoms with Gasteiger partial charge in [0.2, 0.25) is 0 Å². The normalized spacial score (nSPS) is 14.2. The van der Waals surface area contributed by atoms with Crippen LogP contribution in [0.3, 0.4) is 0 Å². The number of hydrogen-bond acceptors (Lipinski definition) is 3. The van der Waals surface area contributed by atoms with Crippen LogP contribution in [0.4, 0.5) is 13.2 Å². The molecular weight excluding hydrogens is 381 g/mol. The van der Waals surface area contributed by atoms with Gasteiger partial charge in [-0.05, 0) is 42.2 Å². The Morgan fingerprint density at radius 1 is 1.10 bits per heavy atom. The predicted octanol–water partition coefficient (Wildman–Crippen LogP) is 4.01. The third-order valence-electron chi connectivity index (χ3n) is 5.17. The van der Waals surface area contributed by atoms with Gasteiger partial charge in [0.05, 0.1) is 12.2 Å². The Labute approximate surface area is 165 Å². The lowest BCUT2D eigenvalue weighted by molar-refractivity contribution is -0.140. The second-order valence-electron chi connectivity index (χ2n) is 7.14. The van der Waals surface area contributed by atoms with Gasteiger partial charge in [-0.2, -0.15) is 18.3 Å². The maximum absolute atomic E-state index is 13.4. The molecule has 0 aliphatic carbocycles. The van der Waals surface area contributed by atoms with Gasteiger partial charge in [0.25, 0.3) is 5.91 Å². The predicted molar refractivity (Wildman–Crippen MR) is 101 cm³/mol. The highest BCUT2D eigenvalue weighted by atomic mass is 19.4. The number of fused-ring (bicyclic) bond motifs is 1. The van der Waals surface area contributed by atoms with Gasteiger partial charge in [-0.3, -0.25) is 14.5 Å². The maximum atomic E-state index is 13.4. The summed E-state index contributed by atoms with van der Waals surface area (Å²) in [5.41, 5.74) is 2.33. The number of amides is 1. The largest absolute Gasteiger partial charge is 0.435 e. The van der Waals surface area contributed by atoms with Crippen molar-refractivity contribution >= 4 is 5.91 Å². The third kappa shape index (κ3) is 3.50. The fraction of sp³-hybridized carbons (Fsp3) is 0.286. The molecule has 0 radical (unpaired) electrons. The van der Waals surface area contributed by atoms with Gasteiger partial charge >= 0.3 is 6.18 Å². The van der Waals surface area contributed by atoms with Crippen molar-refractivity contribution in [3.63, 3.8) is 0 Å². The van der Waals surface area contributed by atoms with E-state index >= 15 is 0 Å². The molecule has 1 amide bonds. The smallest absolute Gasteiger partial charge is 0.332 e. The summed E-state index contributed by atoms with van der Waals surface area (Å²) >= 11 is 0. The van der Waals surface area contributed by atoms with Crippen LogP contribution in [0, 0.1) is 6.92 Å². The Morgan fingerprint density at radius 3 is 2.59 bits per heavy atom. The van der Waals surface area contributed by atoms with Gasteiger partial charge in [0.15, 0.2) is 5.69 Å². The van der Waals surface area contributed by atoms with E-state index in [1.165, 1.54) is 13.2 Å². The van der Waals surface area contributed by atoms with Crippen LogP contribution in [0.25, 0.3) is 11.1 Å². The molecule has 0 fully saturated rings. The zero-order chi connectivity index (χ0) is 20.8. The number of carbonyl (C=O) groups excluding carboxylic acids is 1. The molecule has 8 heteroatoms. The summed E-state index contributed by atoms with van der Waals surface area (Å²) in [4.78, 5) is 19.1. The summed E-state index contributed by atoms with van der Waals surface area (Å²) in [6.45, 7) is 2.72. The van der Waals surface area contributed by atoms with Crippen molar-refractivity contribution in [1.29, 1.82) is 0 Å². The summed E-state index contributed by atoms with van der Waals surface area (Å²) in [6.07, 6.45) is -1.06. The lowest BCUT2D eigenvalue weighted by Gasteiger charge is -2.30. The number of aromatic nitrogens is 3. The zero-order valence-electron chi connectivity index (χ0n) is 16.0. The minimum atomic E-state index is -4.57. The number of hydrogen-bond donors (Lipinski definition) is 0. The minimum absolute atomic E-state index is 0.00123. The van der Waals surface area contributed by atoms with E-state index < -0.39 is 11.9 Å². The molecule has 0 spiro atoms. The monoisotopic (exact) mass is 400 g/mol. The molecule has 0 N–H and O–H groups in total. The average molecular weight is 400 g/mol. The molecule has 0 saturated carbocycles. The van der Waals surface area contributed by atoms with Crippen molar-refractivity contribution in [1.82, 2.24) is 19.7 Å². The molecule has 29 heavy (non-hydrogen) atoms. The first-order chi connectivity index (χ1) is 13.8. The first kappa shape index (κ1) is 19.2. The van der Waals surface area contributed by atoms with E-state index in [-0.39, 0.29) is 11.5 Å². The molecule has 2 aromatic heterocycles. The lowest BCUT2D eigenvalue weighted by atomic mass is 9.90. The van der Waals surface area contributed by atoms with Crippen molar-refractivity contribution < 1.29 is 18.0 Å². The highest BCUT2D eigenvalue weighted by molar-refractivity contribution is 5.98.